The van der Waals surface area contributed by atoms with E-state index in [4.69, 9.17) is 4.42 Å². The Hall–Kier alpha value is -1.69. The number of hydrogen-bond donors (Lipinski definition) is 1. The second-order valence-corrected chi connectivity index (χ2v) is 5.44. The lowest BCUT2D eigenvalue weighted by atomic mass is 10.4. The van der Waals surface area contributed by atoms with E-state index < -0.39 is 0 Å². The van der Waals surface area contributed by atoms with Crippen LogP contribution in [0.4, 0.5) is 0 Å². The van der Waals surface area contributed by atoms with Crippen LogP contribution >= 0.6 is 11.8 Å². The summed E-state index contributed by atoms with van der Waals surface area (Å²) < 4.78 is 7.31. The molecule has 0 unspecified atom stereocenters. The number of imidazole rings is 1. The molecule has 3 rings (SSSR count). The largest absolute Gasteiger partial charge is 0.467 e. The molecular weight excluding hydrogens is 262 g/mol. The van der Waals surface area contributed by atoms with Gasteiger partial charge in [0.1, 0.15) is 5.76 Å². The van der Waals surface area contributed by atoms with Crippen LogP contribution in [0, 0.1) is 0 Å². The molecule has 0 radical (unpaired) electrons. The molecule has 100 valence electrons. The summed E-state index contributed by atoms with van der Waals surface area (Å²) in [6.45, 7) is 0.434. The van der Waals surface area contributed by atoms with Crippen molar-refractivity contribution in [3.8, 4) is 0 Å². The average molecular weight is 277 g/mol. The fourth-order valence-corrected chi connectivity index (χ4v) is 2.68. The number of thioether (sulfide) groups is 1. The van der Waals surface area contributed by atoms with Gasteiger partial charge in [-0.25, -0.2) is 4.98 Å². The highest BCUT2D eigenvalue weighted by molar-refractivity contribution is 7.99. The van der Waals surface area contributed by atoms with Crippen molar-refractivity contribution in [3.63, 3.8) is 0 Å². The third-order valence-corrected chi connectivity index (χ3v) is 3.93. The lowest BCUT2D eigenvalue weighted by molar-refractivity contribution is -0.118. The molecule has 1 N–H and O–H groups in total. The van der Waals surface area contributed by atoms with Crippen LogP contribution in [-0.2, 0) is 11.3 Å². The quantitative estimate of drug-likeness (QED) is 0.822. The highest BCUT2D eigenvalue weighted by Crippen LogP contribution is 2.37. The molecule has 0 bridgehead atoms. The van der Waals surface area contributed by atoms with E-state index in [-0.39, 0.29) is 5.91 Å². The predicted octanol–water partition coefficient (Wildman–Crippen LogP) is 2.22. The minimum atomic E-state index is -0.00764. The second-order valence-electron chi connectivity index (χ2n) is 4.49. The first-order chi connectivity index (χ1) is 9.33. The number of furan rings is 1. The summed E-state index contributed by atoms with van der Waals surface area (Å²) in [5.41, 5.74) is 0. The zero-order valence-electron chi connectivity index (χ0n) is 10.4. The van der Waals surface area contributed by atoms with Crippen molar-refractivity contribution >= 4 is 17.7 Å². The van der Waals surface area contributed by atoms with Gasteiger partial charge >= 0.3 is 0 Å². The van der Waals surface area contributed by atoms with Gasteiger partial charge in [-0.1, -0.05) is 11.8 Å². The summed E-state index contributed by atoms with van der Waals surface area (Å²) in [5, 5.41) is 3.75. The molecule has 5 nitrogen and oxygen atoms in total. The minimum absolute atomic E-state index is 0.00764. The number of hydrogen-bond acceptors (Lipinski definition) is 4. The van der Waals surface area contributed by atoms with Crippen molar-refractivity contribution in [2.24, 2.45) is 0 Å². The van der Waals surface area contributed by atoms with Crippen molar-refractivity contribution < 1.29 is 9.21 Å². The van der Waals surface area contributed by atoms with Crippen LogP contribution in [0.2, 0.25) is 0 Å². The molecule has 2 aromatic rings. The van der Waals surface area contributed by atoms with Gasteiger partial charge in [0.25, 0.3) is 0 Å². The summed E-state index contributed by atoms with van der Waals surface area (Å²) in [5.74, 6) is 1.13. The zero-order chi connectivity index (χ0) is 13.1. The number of rotatable bonds is 6. The van der Waals surface area contributed by atoms with E-state index in [0.29, 0.717) is 18.3 Å². The molecule has 0 spiro atoms. The van der Waals surface area contributed by atoms with E-state index in [1.807, 2.05) is 18.3 Å². The summed E-state index contributed by atoms with van der Waals surface area (Å²) in [6.07, 6.45) is 7.81. The predicted molar refractivity (Wildman–Crippen MR) is 71.8 cm³/mol. The SMILES string of the molecule is O=C(CSc1nccn1C1CC1)NCc1ccco1. The highest BCUT2D eigenvalue weighted by atomic mass is 32.2. The van der Waals surface area contributed by atoms with Gasteiger partial charge in [-0.3, -0.25) is 4.79 Å². The van der Waals surface area contributed by atoms with Gasteiger partial charge in [0, 0.05) is 18.4 Å². The first-order valence-corrected chi connectivity index (χ1v) is 7.26. The molecule has 0 aromatic carbocycles. The van der Waals surface area contributed by atoms with Crippen LogP contribution in [0.25, 0.3) is 0 Å². The molecule has 0 atom stereocenters. The fraction of sp³-hybridized carbons (Fsp3) is 0.385. The first kappa shape index (κ1) is 12.3. The number of carbonyl (C=O) groups excluding carboxylic acids is 1. The molecular formula is C13H15N3O2S. The number of carbonyl (C=O) groups is 1. The van der Waals surface area contributed by atoms with Crippen molar-refractivity contribution in [1.29, 1.82) is 0 Å². The molecule has 1 saturated carbocycles. The van der Waals surface area contributed by atoms with E-state index in [2.05, 4.69) is 14.9 Å². The van der Waals surface area contributed by atoms with Crippen molar-refractivity contribution in [2.45, 2.75) is 30.6 Å². The Bertz CT molecular complexity index is 546. The van der Waals surface area contributed by atoms with E-state index >= 15 is 0 Å². The summed E-state index contributed by atoms with van der Waals surface area (Å²) in [6, 6.07) is 4.24. The molecule has 0 saturated heterocycles. The number of amides is 1. The molecule has 1 amide bonds. The van der Waals surface area contributed by atoms with E-state index in [0.717, 1.165) is 10.9 Å². The number of aromatic nitrogens is 2. The summed E-state index contributed by atoms with van der Waals surface area (Å²) in [4.78, 5) is 16.0. The topological polar surface area (TPSA) is 60.1 Å². The average Bonchev–Trinajstić information content (AvgIpc) is 2.94. The summed E-state index contributed by atoms with van der Waals surface area (Å²) >= 11 is 1.48. The standard InChI is InChI=1S/C13H15N3O2S/c17-12(15-8-11-2-1-7-18-11)9-19-13-14-5-6-16(13)10-3-4-10/h1-2,5-7,10H,3-4,8-9H2,(H,15,17). The van der Waals surface area contributed by atoms with Crippen LogP contribution in [0.5, 0.6) is 0 Å². The van der Waals surface area contributed by atoms with Crippen LogP contribution in [0.1, 0.15) is 24.6 Å². The zero-order valence-corrected chi connectivity index (χ0v) is 11.2. The Morgan fingerprint density at radius 2 is 2.47 bits per heavy atom. The van der Waals surface area contributed by atoms with Gasteiger partial charge in [0.2, 0.25) is 5.91 Å². The van der Waals surface area contributed by atoms with E-state index in [1.54, 1.807) is 12.5 Å². The van der Waals surface area contributed by atoms with Crippen LogP contribution < -0.4 is 5.32 Å². The molecule has 2 aromatic heterocycles. The highest BCUT2D eigenvalue weighted by Gasteiger charge is 2.25. The van der Waals surface area contributed by atoms with Crippen LogP contribution in [0.15, 0.2) is 40.4 Å². The molecule has 6 heteroatoms. The second kappa shape index (κ2) is 5.52. The lowest BCUT2D eigenvalue weighted by Gasteiger charge is -2.05. The van der Waals surface area contributed by atoms with Gasteiger partial charge in [-0.2, -0.15) is 0 Å². The van der Waals surface area contributed by atoms with Gasteiger partial charge < -0.3 is 14.3 Å². The molecule has 1 aliphatic carbocycles. The first-order valence-electron chi connectivity index (χ1n) is 6.27. The fourth-order valence-electron chi connectivity index (χ4n) is 1.82. The van der Waals surface area contributed by atoms with Crippen LogP contribution in [0.3, 0.4) is 0 Å². The molecule has 19 heavy (non-hydrogen) atoms. The third-order valence-electron chi connectivity index (χ3n) is 2.95. The Labute approximate surface area is 115 Å². The molecule has 0 aliphatic heterocycles. The minimum Gasteiger partial charge on any atom is -0.467 e. The maximum absolute atomic E-state index is 11.7. The summed E-state index contributed by atoms with van der Waals surface area (Å²) in [7, 11) is 0. The van der Waals surface area contributed by atoms with Gasteiger partial charge in [0.05, 0.1) is 18.6 Å². The Morgan fingerprint density at radius 1 is 1.58 bits per heavy atom. The maximum atomic E-state index is 11.7. The Balaban J connectivity index is 1.46. The maximum Gasteiger partial charge on any atom is 0.230 e. The third kappa shape index (κ3) is 3.20. The lowest BCUT2D eigenvalue weighted by Crippen LogP contribution is -2.24. The molecule has 2 heterocycles. The van der Waals surface area contributed by atoms with Gasteiger partial charge in [-0.15, -0.1) is 0 Å². The molecule has 1 aliphatic rings. The van der Waals surface area contributed by atoms with E-state index in [1.165, 1.54) is 24.6 Å². The Kier molecular flexibility index (Phi) is 3.59. The van der Waals surface area contributed by atoms with E-state index in [9.17, 15) is 4.79 Å². The van der Waals surface area contributed by atoms with Gasteiger partial charge in [0.15, 0.2) is 5.16 Å². The normalized spacial score (nSPS) is 14.5. The Morgan fingerprint density at radius 3 is 3.21 bits per heavy atom. The van der Waals surface area contributed by atoms with Crippen LogP contribution in [-0.4, -0.2) is 21.2 Å². The monoisotopic (exact) mass is 277 g/mol. The van der Waals surface area contributed by atoms with Crippen molar-refractivity contribution in [3.05, 3.63) is 36.5 Å². The smallest absolute Gasteiger partial charge is 0.230 e. The molecule has 1 fully saturated rings. The van der Waals surface area contributed by atoms with Gasteiger partial charge in [-0.05, 0) is 25.0 Å². The number of nitrogens with zero attached hydrogens (tertiary/aromatic N) is 2. The number of nitrogens with one attached hydrogen (secondary N) is 1. The van der Waals surface area contributed by atoms with Crippen molar-refractivity contribution in [1.82, 2.24) is 14.9 Å². The van der Waals surface area contributed by atoms with Crippen molar-refractivity contribution in [2.75, 3.05) is 5.75 Å².